The van der Waals surface area contributed by atoms with Crippen molar-refractivity contribution < 1.29 is 23.9 Å². The van der Waals surface area contributed by atoms with Gasteiger partial charge in [0.05, 0.1) is 34.8 Å². The molecule has 0 radical (unpaired) electrons. The van der Waals surface area contributed by atoms with Crippen LogP contribution in [0, 0.1) is 10.1 Å². The van der Waals surface area contributed by atoms with Crippen LogP contribution in [0.2, 0.25) is 5.02 Å². The van der Waals surface area contributed by atoms with Crippen molar-refractivity contribution in [2.45, 2.75) is 0 Å². The number of pyridine rings is 1. The fourth-order valence-electron chi connectivity index (χ4n) is 3.20. The summed E-state index contributed by atoms with van der Waals surface area (Å²) in [5, 5.41) is 11.6. The molecule has 1 aliphatic rings. The molecule has 2 heterocycles. The summed E-state index contributed by atoms with van der Waals surface area (Å²) in [4.78, 5) is 29.5. The van der Waals surface area contributed by atoms with Crippen molar-refractivity contribution in [3.8, 4) is 23.1 Å². The number of carbonyl (C=O) groups excluding carboxylic acids is 1. The number of benzene rings is 2. The summed E-state index contributed by atoms with van der Waals surface area (Å²) < 4.78 is 16.5. The zero-order chi connectivity index (χ0) is 25.1. The van der Waals surface area contributed by atoms with E-state index in [0.29, 0.717) is 37.0 Å². The minimum absolute atomic E-state index is 0.164. The Balaban J connectivity index is 1.60. The molecule has 178 valence electrons. The average molecular weight is 530 g/mol. The minimum Gasteiger partial charge on any atom is -0.495 e. The number of halogens is 1. The fourth-order valence-corrected chi connectivity index (χ4v) is 4.75. The summed E-state index contributed by atoms with van der Waals surface area (Å²) in [7, 11) is 2.94. The van der Waals surface area contributed by atoms with Crippen molar-refractivity contribution in [1.82, 2.24) is 4.98 Å². The van der Waals surface area contributed by atoms with Crippen LogP contribution in [0.5, 0.6) is 23.1 Å². The zero-order valence-corrected chi connectivity index (χ0v) is 20.6. The van der Waals surface area contributed by atoms with Gasteiger partial charge in [0, 0.05) is 12.3 Å². The summed E-state index contributed by atoms with van der Waals surface area (Å²) in [5.41, 5.74) is 0.888. The first-order valence-corrected chi connectivity index (χ1v) is 11.5. The number of ether oxygens (including phenoxy) is 3. The van der Waals surface area contributed by atoms with Crippen LogP contribution in [0.4, 0.5) is 11.4 Å². The molecule has 3 aromatic rings. The maximum absolute atomic E-state index is 13.1. The third-order valence-electron chi connectivity index (χ3n) is 4.83. The van der Waals surface area contributed by atoms with Crippen molar-refractivity contribution in [3.05, 3.63) is 80.3 Å². The Bertz CT molecular complexity index is 1380. The Labute approximate surface area is 214 Å². The number of nitrogens with zero attached hydrogens (tertiary/aromatic N) is 3. The second-order valence-electron chi connectivity index (χ2n) is 6.93. The number of hydrogen-bond donors (Lipinski definition) is 0. The van der Waals surface area contributed by atoms with Gasteiger partial charge in [0.1, 0.15) is 5.75 Å². The molecule has 0 aliphatic carbocycles. The number of rotatable bonds is 7. The Hall–Kier alpha value is -3.67. The van der Waals surface area contributed by atoms with Crippen LogP contribution in [-0.4, -0.2) is 34.4 Å². The average Bonchev–Trinajstić information content (AvgIpc) is 3.12. The standard InChI is InChI=1S/C23H16ClN3O6S2/c1-31-17-8-6-14(12-15(17)24)26-22(28)20(35-23(26)34)11-13-5-7-18(19(10-13)32-2)33-21-16(27(29)30)4-3-9-25-21/h3-12H,1-2H3/b20-11-. The lowest BCUT2D eigenvalue weighted by Gasteiger charge is -2.15. The van der Waals surface area contributed by atoms with E-state index < -0.39 is 4.92 Å². The minimum atomic E-state index is -0.582. The van der Waals surface area contributed by atoms with Gasteiger partial charge in [0.25, 0.3) is 11.8 Å². The quantitative estimate of drug-likeness (QED) is 0.161. The molecule has 1 aromatic heterocycles. The lowest BCUT2D eigenvalue weighted by atomic mass is 10.1. The van der Waals surface area contributed by atoms with E-state index in [0.717, 1.165) is 11.8 Å². The third kappa shape index (κ3) is 5.06. The van der Waals surface area contributed by atoms with Crippen LogP contribution in [0.1, 0.15) is 5.56 Å². The normalized spacial score (nSPS) is 14.4. The summed E-state index contributed by atoms with van der Waals surface area (Å²) >= 11 is 12.8. The zero-order valence-electron chi connectivity index (χ0n) is 18.3. The highest BCUT2D eigenvalue weighted by atomic mass is 35.5. The van der Waals surface area contributed by atoms with E-state index in [1.807, 2.05) is 0 Å². The van der Waals surface area contributed by atoms with E-state index in [-0.39, 0.29) is 23.2 Å². The highest BCUT2D eigenvalue weighted by Crippen LogP contribution is 2.40. The molecule has 0 saturated carbocycles. The lowest BCUT2D eigenvalue weighted by molar-refractivity contribution is -0.386. The molecule has 12 heteroatoms. The Morgan fingerprint density at radius 3 is 2.54 bits per heavy atom. The molecule has 1 saturated heterocycles. The van der Waals surface area contributed by atoms with E-state index in [4.69, 9.17) is 38.0 Å². The first-order valence-electron chi connectivity index (χ1n) is 9.89. The van der Waals surface area contributed by atoms with Crippen molar-refractivity contribution in [3.63, 3.8) is 0 Å². The van der Waals surface area contributed by atoms with E-state index >= 15 is 0 Å². The van der Waals surface area contributed by atoms with Crippen molar-refractivity contribution in [2.24, 2.45) is 0 Å². The lowest BCUT2D eigenvalue weighted by Crippen LogP contribution is -2.27. The fraction of sp³-hybridized carbons (Fsp3) is 0.0870. The van der Waals surface area contributed by atoms with E-state index in [9.17, 15) is 14.9 Å². The van der Waals surface area contributed by atoms with Crippen LogP contribution < -0.4 is 19.1 Å². The van der Waals surface area contributed by atoms with Crippen molar-refractivity contribution >= 4 is 63.3 Å². The van der Waals surface area contributed by atoms with Crippen molar-refractivity contribution in [1.29, 1.82) is 0 Å². The molecule has 0 atom stereocenters. The van der Waals surface area contributed by atoms with E-state index in [2.05, 4.69) is 4.98 Å². The number of carbonyl (C=O) groups is 1. The molecular weight excluding hydrogens is 514 g/mol. The molecule has 2 aromatic carbocycles. The molecule has 0 N–H and O–H groups in total. The third-order valence-corrected chi connectivity index (χ3v) is 6.42. The van der Waals surface area contributed by atoms with Gasteiger partial charge in [-0.15, -0.1) is 0 Å². The van der Waals surface area contributed by atoms with Crippen LogP contribution in [0.15, 0.2) is 59.6 Å². The molecule has 0 unspecified atom stereocenters. The Morgan fingerprint density at radius 1 is 1.11 bits per heavy atom. The number of nitro groups is 1. The summed E-state index contributed by atoms with van der Waals surface area (Å²) in [5.74, 6) is 0.553. The molecule has 1 aliphatic heterocycles. The monoisotopic (exact) mass is 529 g/mol. The van der Waals surface area contributed by atoms with Gasteiger partial charge in [0.2, 0.25) is 0 Å². The Kier molecular flexibility index (Phi) is 7.20. The highest BCUT2D eigenvalue weighted by molar-refractivity contribution is 8.27. The summed E-state index contributed by atoms with van der Waals surface area (Å²) in [6.07, 6.45) is 3.06. The number of aromatic nitrogens is 1. The van der Waals surface area contributed by atoms with Crippen LogP contribution in [0.25, 0.3) is 6.08 Å². The topological polar surface area (TPSA) is 104 Å². The molecular formula is C23H16ClN3O6S2. The van der Waals surface area contributed by atoms with Gasteiger partial charge in [-0.2, -0.15) is 0 Å². The van der Waals surface area contributed by atoms with Crippen LogP contribution >= 0.6 is 35.6 Å². The number of methoxy groups -OCH3 is 2. The van der Waals surface area contributed by atoms with Crippen LogP contribution in [0.3, 0.4) is 0 Å². The number of thioether (sulfide) groups is 1. The molecule has 9 nitrogen and oxygen atoms in total. The molecule has 1 fully saturated rings. The smallest absolute Gasteiger partial charge is 0.331 e. The predicted octanol–water partition coefficient (Wildman–Crippen LogP) is 5.86. The van der Waals surface area contributed by atoms with Crippen molar-refractivity contribution in [2.75, 3.05) is 19.1 Å². The van der Waals surface area contributed by atoms with E-state index in [1.165, 1.54) is 37.4 Å². The number of anilines is 1. The maximum atomic E-state index is 13.1. The molecule has 35 heavy (non-hydrogen) atoms. The van der Waals surface area contributed by atoms with E-state index in [1.54, 1.807) is 42.5 Å². The summed E-state index contributed by atoms with van der Waals surface area (Å²) in [6.45, 7) is 0. The van der Waals surface area contributed by atoms with Gasteiger partial charge in [-0.3, -0.25) is 19.8 Å². The highest BCUT2D eigenvalue weighted by Gasteiger charge is 2.33. The van der Waals surface area contributed by atoms with Gasteiger partial charge in [-0.1, -0.05) is 41.6 Å². The SMILES string of the molecule is COc1ccc(N2C(=O)/C(=C/c3ccc(Oc4ncccc4[N+](=O)[O-])c(OC)c3)SC2=S)cc1Cl. The molecule has 1 amide bonds. The molecule has 4 rings (SSSR count). The second-order valence-corrected chi connectivity index (χ2v) is 9.02. The molecule has 0 bridgehead atoms. The largest absolute Gasteiger partial charge is 0.495 e. The first-order chi connectivity index (χ1) is 16.8. The maximum Gasteiger partial charge on any atom is 0.331 e. The second kappa shape index (κ2) is 10.3. The first kappa shape index (κ1) is 24.5. The van der Waals surface area contributed by atoms with Gasteiger partial charge >= 0.3 is 5.69 Å². The van der Waals surface area contributed by atoms with Gasteiger partial charge in [-0.25, -0.2) is 4.98 Å². The molecule has 0 spiro atoms. The number of hydrogen-bond acceptors (Lipinski definition) is 9. The van der Waals surface area contributed by atoms with Gasteiger partial charge in [0.15, 0.2) is 15.8 Å². The van der Waals surface area contributed by atoms with Crippen LogP contribution in [-0.2, 0) is 4.79 Å². The number of thiocarbonyl (C=S) groups is 1. The number of amides is 1. The van der Waals surface area contributed by atoms with Gasteiger partial charge < -0.3 is 14.2 Å². The summed E-state index contributed by atoms with van der Waals surface area (Å²) in [6, 6.07) is 12.6. The Morgan fingerprint density at radius 2 is 1.86 bits per heavy atom. The van der Waals surface area contributed by atoms with Gasteiger partial charge in [-0.05, 0) is 48.0 Å². The predicted molar refractivity (Wildman–Crippen MR) is 138 cm³/mol.